The van der Waals surface area contributed by atoms with Crippen LogP contribution in [0.4, 0.5) is 0 Å². The summed E-state index contributed by atoms with van der Waals surface area (Å²) in [7, 11) is 3.33. The Bertz CT molecular complexity index is 857. The predicted molar refractivity (Wildman–Crippen MR) is 108 cm³/mol. The molecule has 0 aliphatic rings. The van der Waals surface area contributed by atoms with Gasteiger partial charge < -0.3 is 9.47 Å². The molecule has 0 fully saturated rings. The Morgan fingerprint density at radius 3 is 2.36 bits per heavy atom. The van der Waals surface area contributed by atoms with Crippen molar-refractivity contribution in [3.8, 4) is 11.5 Å². The topological polar surface area (TPSA) is 31.4 Å². The maximum Gasteiger partial charge on any atom is 0.125 e. The van der Waals surface area contributed by atoms with E-state index in [9.17, 15) is 0 Å². The van der Waals surface area contributed by atoms with Crippen LogP contribution in [0.5, 0.6) is 11.5 Å². The lowest BCUT2D eigenvalue weighted by molar-refractivity contribution is 0.391. The van der Waals surface area contributed by atoms with E-state index in [1.807, 2.05) is 38.1 Å². The van der Waals surface area contributed by atoms with Crippen molar-refractivity contribution in [2.24, 2.45) is 0 Å². The molecule has 0 saturated carbocycles. The quantitative estimate of drug-likeness (QED) is 0.548. The first-order valence-corrected chi connectivity index (χ1v) is 9.02. The summed E-state index contributed by atoms with van der Waals surface area (Å²) < 4.78 is 11.4. The van der Waals surface area contributed by atoms with Gasteiger partial charge in [0.2, 0.25) is 0 Å². The number of methoxy groups -OCH3 is 2. The first kappa shape index (κ1) is 19.3. The third kappa shape index (κ3) is 4.95. The van der Waals surface area contributed by atoms with E-state index in [4.69, 9.17) is 9.47 Å². The fraction of sp³-hybridized carbons (Fsp3) is 0.286. The first-order chi connectivity index (χ1) is 12.0. The highest BCUT2D eigenvalue weighted by molar-refractivity contribution is 9.10. The zero-order chi connectivity index (χ0) is 18.4. The number of benzene rings is 2. The third-order valence-corrected chi connectivity index (χ3v) is 4.48. The Morgan fingerprint density at radius 2 is 1.72 bits per heavy atom. The molecule has 2 aromatic carbocycles. The van der Waals surface area contributed by atoms with Crippen LogP contribution in [0.3, 0.4) is 0 Å². The summed E-state index contributed by atoms with van der Waals surface area (Å²) in [4.78, 5) is 4.42. The Morgan fingerprint density at radius 1 is 0.960 bits per heavy atom. The van der Waals surface area contributed by atoms with Gasteiger partial charge in [-0.15, -0.1) is 0 Å². The number of nitrogens with zero attached hydrogens (tertiary/aromatic N) is 1. The molecule has 0 bridgehead atoms. The molecule has 1 aromatic heterocycles. The van der Waals surface area contributed by atoms with Crippen molar-refractivity contribution in [1.82, 2.24) is 4.98 Å². The van der Waals surface area contributed by atoms with Crippen LogP contribution >= 0.6 is 15.9 Å². The maximum absolute atomic E-state index is 5.20. The fourth-order valence-corrected chi connectivity index (χ4v) is 3.09. The highest BCUT2D eigenvalue weighted by atomic mass is 79.9. The van der Waals surface area contributed by atoms with E-state index < -0.39 is 0 Å². The van der Waals surface area contributed by atoms with Crippen LogP contribution in [0.25, 0.3) is 10.8 Å². The summed E-state index contributed by atoms with van der Waals surface area (Å²) >= 11 is 3.46. The number of fused-ring (bicyclic) bond motifs is 1. The second kappa shape index (κ2) is 8.86. The second-order valence-electron chi connectivity index (χ2n) is 5.75. The minimum atomic E-state index is 0.837. The summed E-state index contributed by atoms with van der Waals surface area (Å²) in [5, 5.41) is 2.48. The summed E-state index contributed by atoms with van der Waals surface area (Å²) in [5.41, 5.74) is 3.38. The van der Waals surface area contributed by atoms with Crippen LogP contribution in [-0.4, -0.2) is 19.2 Å². The molecule has 0 aliphatic heterocycles. The van der Waals surface area contributed by atoms with Crippen LogP contribution in [-0.2, 0) is 6.42 Å². The fourth-order valence-electron chi connectivity index (χ4n) is 2.71. The van der Waals surface area contributed by atoms with Crippen LogP contribution in [0.1, 0.15) is 23.9 Å². The zero-order valence-corrected chi connectivity index (χ0v) is 17.0. The predicted octanol–water partition coefficient (Wildman–Crippen LogP) is 5.88. The van der Waals surface area contributed by atoms with E-state index in [1.54, 1.807) is 14.2 Å². The molecule has 0 unspecified atom stereocenters. The first-order valence-electron chi connectivity index (χ1n) is 8.23. The molecule has 0 spiro atoms. The molecular formula is C21H24BrNO2. The molecule has 0 N–H and O–H groups in total. The number of ether oxygens (including phenoxy) is 2. The van der Waals surface area contributed by atoms with Gasteiger partial charge in [0.25, 0.3) is 0 Å². The van der Waals surface area contributed by atoms with Gasteiger partial charge >= 0.3 is 0 Å². The summed E-state index contributed by atoms with van der Waals surface area (Å²) in [5.74, 6) is 1.74. The Labute approximate surface area is 158 Å². The van der Waals surface area contributed by atoms with Gasteiger partial charge in [0.05, 0.1) is 14.2 Å². The molecule has 3 aromatic rings. The molecule has 4 heteroatoms. The highest BCUT2D eigenvalue weighted by Gasteiger charge is 2.01. The molecule has 3 nitrogen and oxygen atoms in total. The number of pyridine rings is 1. The molecular weight excluding hydrogens is 378 g/mol. The number of hydrogen-bond donors (Lipinski definition) is 0. The van der Waals surface area contributed by atoms with Gasteiger partial charge in [0.15, 0.2) is 0 Å². The minimum Gasteiger partial charge on any atom is -0.497 e. The second-order valence-corrected chi connectivity index (χ2v) is 6.66. The van der Waals surface area contributed by atoms with E-state index in [0.29, 0.717) is 0 Å². The molecule has 3 rings (SSSR count). The molecule has 25 heavy (non-hydrogen) atoms. The lowest BCUT2D eigenvalue weighted by atomic mass is 10.1. The van der Waals surface area contributed by atoms with Crippen LogP contribution in [0.15, 0.2) is 46.9 Å². The average molecular weight is 402 g/mol. The average Bonchev–Trinajstić information content (AvgIpc) is 2.61. The van der Waals surface area contributed by atoms with Gasteiger partial charge in [-0.3, -0.25) is 4.98 Å². The van der Waals surface area contributed by atoms with Crippen LogP contribution in [0, 0.1) is 13.8 Å². The Hall–Kier alpha value is -2.07. The van der Waals surface area contributed by atoms with E-state index in [1.165, 1.54) is 16.3 Å². The van der Waals surface area contributed by atoms with Crippen molar-refractivity contribution < 1.29 is 9.47 Å². The zero-order valence-electron chi connectivity index (χ0n) is 15.4. The summed E-state index contributed by atoms with van der Waals surface area (Å²) in [6.45, 7) is 6.17. The van der Waals surface area contributed by atoms with E-state index in [-0.39, 0.29) is 0 Å². The highest BCUT2D eigenvalue weighted by Crippen LogP contribution is 2.24. The Balaban J connectivity index is 0.000000181. The summed E-state index contributed by atoms with van der Waals surface area (Å²) in [6.07, 6.45) is 0.979. The number of hydrogen-bond acceptors (Lipinski definition) is 3. The molecule has 0 aliphatic carbocycles. The largest absolute Gasteiger partial charge is 0.497 e. The standard InChI is InChI=1S/C11H10BrN.C10H14O2/c1-7-5-9-6-10(12)3-4-11(9)8(2)13-7;1-4-8-5-6-9(11-2)7-10(8)12-3/h3-6H,1-2H3;5-7H,4H2,1-3H3. The molecule has 0 saturated heterocycles. The van der Waals surface area contributed by atoms with Crippen molar-refractivity contribution in [1.29, 1.82) is 0 Å². The maximum atomic E-state index is 5.20. The van der Waals surface area contributed by atoms with Crippen molar-refractivity contribution in [3.05, 3.63) is 63.9 Å². The third-order valence-electron chi connectivity index (χ3n) is 3.99. The number of rotatable bonds is 3. The van der Waals surface area contributed by atoms with Crippen molar-refractivity contribution >= 4 is 26.7 Å². The number of aryl methyl sites for hydroxylation is 3. The van der Waals surface area contributed by atoms with Gasteiger partial charge in [-0.1, -0.05) is 35.0 Å². The normalized spacial score (nSPS) is 10.2. The van der Waals surface area contributed by atoms with Gasteiger partial charge in [0, 0.05) is 27.3 Å². The van der Waals surface area contributed by atoms with Crippen LogP contribution in [0.2, 0.25) is 0 Å². The lowest BCUT2D eigenvalue weighted by Crippen LogP contribution is -1.91. The molecule has 0 radical (unpaired) electrons. The number of halogens is 1. The van der Waals surface area contributed by atoms with Gasteiger partial charge in [0.1, 0.15) is 11.5 Å². The molecule has 0 atom stereocenters. The number of aromatic nitrogens is 1. The van der Waals surface area contributed by atoms with Gasteiger partial charge in [-0.05, 0) is 55.5 Å². The smallest absolute Gasteiger partial charge is 0.125 e. The monoisotopic (exact) mass is 401 g/mol. The minimum absolute atomic E-state index is 0.837. The molecule has 1 heterocycles. The molecule has 0 amide bonds. The Kier molecular flexibility index (Phi) is 6.82. The molecule has 132 valence electrons. The van der Waals surface area contributed by atoms with Crippen molar-refractivity contribution in [2.45, 2.75) is 27.2 Å². The van der Waals surface area contributed by atoms with Crippen molar-refractivity contribution in [3.63, 3.8) is 0 Å². The van der Waals surface area contributed by atoms with E-state index in [2.05, 4.69) is 46.0 Å². The van der Waals surface area contributed by atoms with Crippen molar-refractivity contribution in [2.75, 3.05) is 14.2 Å². The summed E-state index contributed by atoms with van der Waals surface area (Å²) in [6, 6.07) is 14.2. The van der Waals surface area contributed by atoms with E-state index in [0.717, 1.165) is 33.8 Å². The lowest BCUT2D eigenvalue weighted by Gasteiger charge is -2.07. The van der Waals surface area contributed by atoms with Gasteiger partial charge in [-0.25, -0.2) is 0 Å². The van der Waals surface area contributed by atoms with Crippen LogP contribution < -0.4 is 9.47 Å². The van der Waals surface area contributed by atoms with E-state index >= 15 is 0 Å². The SMILES string of the molecule is CCc1ccc(OC)cc1OC.Cc1cc2cc(Br)ccc2c(C)n1. The van der Waals surface area contributed by atoms with Gasteiger partial charge in [-0.2, -0.15) is 0 Å².